The van der Waals surface area contributed by atoms with Gasteiger partial charge >= 0.3 is 0 Å². The Labute approximate surface area is 177 Å². The molecule has 0 unspecified atom stereocenters. The lowest BCUT2D eigenvalue weighted by Gasteiger charge is -2.16. The smallest absolute Gasteiger partial charge is 0.175 e. The molecular weight excluding hydrogens is 445 g/mol. The molecule has 3 nitrogen and oxygen atoms in total. The van der Waals surface area contributed by atoms with Gasteiger partial charge in [-0.05, 0) is 70.9 Å². The third-order valence-corrected chi connectivity index (χ3v) is 4.88. The van der Waals surface area contributed by atoms with Gasteiger partial charge in [0.2, 0.25) is 0 Å². The molecule has 3 aromatic carbocycles. The van der Waals surface area contributed by atoms with Crippen LogP contribution < -0.4 is 14.8 Å². The zero-order valence-electron chi connectivity index (χ0n) is 15.3. The number of ether oxygens (including phenoxy) is 2. The first-order chi connectivity index (χ1) is 13.6. The van der Waals surface area contributed by atoms with E-state index in [4.69, 9.17) is 21.1 Å². The van der Waals surface area contributed by atoms with Crippen LogP contribution in [0.2, 0.25) is 5.02 Å². The van der Waals surface area contributed by atoms with E-state index in [1.54, 1.807) is 18.2 Å². The van der Waals surface area contributed by atoms with Crippen molar-refractivity contribution in [1.29, 1.82) is 0 Å². The minimum Gasteiger partial charge on any atom is -0.490 e. The van der Waals surface area contributed by atoms with Gasteiger partial charge < -0.3 is 14.8 Å². The van der Waals surface area contributed by atoms with Gasteiger partial charge in [0.1, 0.15) is 12.4 Å². The fourth-order valence-electron chi connectivity index (χ4n) is 2.66. The van der Waals surface area contributed by atoms with E-state index in [1.807, 2.05) is 43.3 Å². The molecule has 146 valence electrons. The maximum absolute atomic E-state index is 13.9. The van der Waals surface area contributed by atoms with Gasteiger partial charge in [0.05, 0.1) is 11.1 Å². The number of hydrogen-bond acceptors (Lipinski definition) is 3. The van der Waals surface area contributed by atoms with E-state index in [9.17, 15) is 4.39 Å². The Morgan fingerprint density at radius 3 is 2.50 bits per heavy atom. The number of hydrogen-bond donors (Lipinski definition) is 1. The van der Waals surface area contributed by atoms with Gasteiger partial charge in [-0.15, -0.1) is 0 Å². The number of rotatable bonds is 8. The lowest BCUT2D eigenvalue weighted by Crippen LogP contribution is -2.04. The van der Waals surface area contributed by atoms with Crippen LogP contribution in [0.25, 0.3) is 0 Å². The molecule has 0 aliphatic rings. The number of halogens is 3. The highest BCUT2D eigenvalue weighted by Crippen LogP contribution is 2.37. The molecule has 1 N–H and O–H groups in total. The number of benzene rings is 3. The molecule has 3 rings (SSSR count). The monoisotopic (exact) mass is 463 g/mol. The standard InChI is InChI=1S/C22H20BrClFNO2/c1-2-27-21-12-15(13-26-18-9-7-17(24)8-10-18)11-19(23)22(21)28-14-16-5-3-4-6-20(16)25/h3-12,26H,2,13-14H2,1H3. The van der Waals surface area contributed by atoms with Crippen LogP contribution in [-0.2, 0) is 13.2 Å². The molecule has 0 saturated carbocycles. The minimum atomic E-state index is -0.291. The molecule has 3 aromatic rings. The molecule has 0 aliphatic carbocycles. The van der Waals surface area contributed by atoms with Crippen LogP contribution in [0.15, 0.2) is 65.1 Å². The maximum Gasteiger partial charge on any atom is 0.175 e. The second-order valence-corrected chi connectivity index (χ2v) is 7.37. The summed E-state index contributed by atoms with van der Waals surface area (Å²) in [5.74, 6) is 0.877. The highest BCUT2D eigenvalue weighted by Gasteiger charge is 2.13. The highest BCUT2D eigenvalue weighted by atomic mass is 79.9. The molecular formula is C22H20BrClFNO2. The van der Waals surface area contributed by atoms with Crippen LogP contribution in [0.1, 0.15) is 18.1 Å². The summed E-state index contributed by atoms with van der Waals surface area (Å²) in [6.45, 7) is 3.13. The van der Waals surface area contributed by atoms with Crippen LogP contribution in [0.5, 0.6) is 11.5 Å². The third-order valence-electron chi connectivity index (χ3n) is 4.04. The van der Waals surface area contributed by atoms with Crippen molar-refractivity contribution in [3.63, 3.8) is 0 Å². The molecule has 0 fully saturated rings. The van der Waals surface area contributed by atoms with Crippen LogP contribution in [0, 0.1) is 5.82 Å². The van der Waals surface area contributed by atoms with Gasteiger partial charge in [0.15, 0.2) is 11.5 Å². The van der Waals surface area contributed by atoms with Gasteiger partial charge in [0.25, 0.3) is 0 Å². The molecule has 0 radical (unpaired) electrons. The van der Waals surface area contributed by atoms with Crippen molar-refractivity contribution >= 4 is 33.2 Å². The first-order valence-corrected chi connectivity index (χ1v) is 10.0. The van der Waals surface area contributed by atoms with Gasteiger partial charge in [-0.2, -0.15) is 0 Å². The fourth-order valence-corrected chi connectivity index (χ4v) is 3.39. The first kappa shape index (κ1) is 20.5. The number of anilines is 1. The molecule has 0 saturated heterocycles. The lowest BCUT2D eigenvalue weighted by molar-refractivity contribution is 0.264. The van der Waals surface area contributed by atoms with Crippen molar-refractivity contribution in [2.45, 2.75) is 20.1 Å². The molecule has 28 heavy (non-hydrogen) atoms. The van der Waals surface area contributed by atoms with Gasteiger partial charge in [-0.3, -0.25) is 0 Å². The molecule has 0 aliphatic heterocycles. The minimum absolute atomic E-state index is 0.119. The first-order valence-electron chi connectivity index (χ1n) is 8.87. The Balaban J connectivity index is 1.75. The largest absolute Gasteiger partial charge is 0.490 e. The highest BCUT2D eigenvalue weighted by molar-refractivity contribution is 9.10. The molecule has 0 atom stereocenters. The van der Waals surface area contributed by atoms with E-state index in [-0.39, 0.29) is 12.4 Å². The van der Waals surface area contributed by atoms with Crippen LogP contribution in [0.3, 0.4) is 0 Å². The second-order valence-electron chi connectivity index (χ2n) is 6.08. The van der Waals surface area contributed by atoms with E-state index in [0.29, 0.717) is 35.2 Å². The topological polar surface area (TPSA) is 30.5 Å². The van der Waals surface area contributed by atoms with Crippen LogP contribution in [0.4, 0.5) is 10.1 Å². The molecule has 0 bridgehead atoms. The Bertz CT molecular complexity index is 934. The van der Waals surface area contributed by atoms with E-state index < -0.39 is 0 Å². The summed E-state index contributed by atoms with van der Waals surface area (Å²) in [6, 6.07) is 18.0. The van der Waals surface area contributed by atoms with Crippen molar-refractivity contribution in [2.75, 3.05) is 11.9 Å². The van der Waals surface area contributed by atoms with E-state index in [0.717, 1.165) is 15.7 Å². The summed E-state index contributed by atoms with van der Waals surface area (Å²) in [4.78, 5) is 0. The van der Waals surface area contributed by atoms with Crippen LogP contribution >= 0.6 is 27.5 Å². The molecule has 0 heterocycles. The van der Waals surface area contributed by atoms with Gasteiger partial charge in [-0.1, -0.05) is 29.8 Å². The van der Waals surface area contributed by atoms with Gasteiger partial charge in [-0.25, -0.2) is 4.39 Å². The normalized spacial score (nSPS) is 10.6. The molecule has 0 spiro atoms. The summed E-state index contributed by atoms with van der Waals surface area (Å²) >= 11 is 9.47. The maximum atomic E-state index is 13.9. The van der Waals surface area contributed by atoms with E-state index in [2.05, 4.69) is 21.2 Å². The molecule has 0 aromatic heterocycles. The molecule has 0 amide bonds. The SMILES string of the molecule is CCOc1cc(CNc2ccc(Cl)cc2)cc(Br)c1OCc1ccccc1F. The Morgan fingerprint density at radius 1 is 1.04 bits per heavy atom. The average Bonchev–Trinajstić information content (AvgIpc) is 2.68. The average molecular weight is 465 g/mol. The fraction of sp³-hybridized carbons (Fsp3) is 0.182. The summed E-state index contributed by atoms with van der Waals surface area (Å²) in [5, 5.41) is 4.04. The van der Waals surface area contributed by atoms with Crippen molar-refractivity contribution in [3.05, 3.63) is 87.1 Å². The summed E-state index contributed by atoms with van der Waals surface area (Å²) in [6.07, 6.45) is 0. The zero-order chi connectivity index (χ0) is 19.9. The van der Waals surface area contributed by atoms with Crippen molar-refractivity contribution < 1.29 is 13.9 Å². The summed E-state index contributed by atoms with van der Waals surface area (Å²) < 4.78 is 26.2. The Kier molecular flexibility index (Phi) is 7.18. The van der Waals surface area contributed by atoms with Gasteiger partial charge in [0, 0.05) is 22.8 Å². The third kappa shape index (κ3) is 5.40. The summed E-state index contributed by atoms with van der Waals surface area (Å²) in [7, 11) is 0. The molecule has 6 heteroatoms. The lowest BCUT2D eigenvalue weighted by atomic mass is 10.2. The van der Waals surface area contributed by atoms with Crippen molar-refractivity contribution in [2.24, 2.45) is 0 Å². The van der Waals surface area contributed by atoms with Crippen molar-refractivity contribution in [3.8, 4) is 11.5 Å². The predicted octanol–water partition coefficient (Wildman–Crippen LogP) is 6.83. The van der Waals surface area contributed by atoms with Crippen molar-refractivity contribution in [1.82, 2.24) is 0 Å². The van der Waals surface area contributed by atoms with E-state index in [1.165, 1.54) is 6.07 Å². The number of nitrogens with one attached hydrogen (secondary N) is 1. The Hall–Kier alpha value is -2.24. The summed E-state index contributed by atoms with van der Waals surface area (Å²) in [5.41, 5.74) is 2.48. The predicted molar refractivity (Wildman–Crippen MR) is 115 cm³/mol. The van der Waals surface area contributed by atoms with Crippen LogP contribution in [-0.4, -0.2) is 6.61 Å². The second kappa shape index (κ2) is 9.80. The Morgan fingerprint density at radius 2 is 1.79 bits per heavy atom. The quantitative estimate of drug-likeness (QED) is 0.396. The zero-order valence-corrected chi connectivity index (χ0v) is 17.7. The van der Waals surface area contributed by atoms with E-state index >= 15 is 0 Å².